The number of carbonyl (C=O) groups excluding carboxylic acids is 1. The highest BCUT2D eigenvalue weighted by Gasteiger charge is 2.32. The lowest BCUT2D eigenvalue weighted by Crippen LogP contribution is -2.45. The molecular formula is C23H26N4O. The van der Waals surface area contributed by atoms with E-state index in [4.69, 9.17) is 0 Å². The molecule has 1 heterocycles. The molecule has 28 heavy (non-hydrogen) atoms. The maximum atomic E-state index is 12.9. The Labute approximate surface area is 165 Å². The average Bonchev–Trinajstić information content (AvgIpc) is 3.42. The van der Waals surface area contributed by atoms with Gasteiger partial charge < -0.3 is 5.32 Å². The highest BCUT2D eigenvalue weighted by Crippen LogP contribution is 2.39. The molecule has 0 spiro atoms. The van der Waals surface area contributed by atoms with E-state index in [1.54, 1.807) is 0 Å². The van der Waals surface area contributed by atoms with Crippen molar-refractivity contribution in [3.8, 4) is 5.69 Å². The van der Waals surface area contributed by atoms with E-state index in [9.17, 15) is 4.79 Å². The molecular weight excluding hydrogens is 348 g/mol. The number of carbonyl (C=O) groups is 1. The first-order chi connectivity index (χ1) is 13.4. The number of aryl methyl sites for hydroxylation is 1. The van der Waals surface area contributed by atoms with Crippen LogP contribution in [-0.2, 0) is 6.42 Å². The van der Waals surface area contributed by atoms with E-state index in [0.717, 1.165) is 30.8 Å². The van der Waals surface area contributed by atoms with Gasteiger partial charge in [0.1, 0.15) is 5.82 Å². The summed E-state index contributed by atoms with van der Waals surface area (Å²) in [5.41, 5.74) is 3.00. The van der Waals surface area contributed by atoms with E-state index in [2.05, 4.69) is 34.5 Å². The molecule has 1 aromatic heterocycles. The van der Waals surface area contributed by atoms with Crippen molar-refractivity contribution in [2.24, 2.45) is 0 Å². The molecule has 1 aliphatic rings. The van der Waals surface area contributed by atoms with Crippen LogP contribution in [-0.4, -0.2) is 26.2 Å². The second-order valence-corrected chi connectivity index (χ2v) is 8.26. The molecule has 1 saturated carbocycles. The fraction of sp³-hybridized carbons (Fsp3) is 0.348. The van der Waals surface area contributed by atoms with E-state index in [1.807, 2.05) is 61.0 Å². The van der Waals surface area contributed by atoms with Crippen LogP contribution in [0, 0.1) is 6.92 Å². The van der Waals surface area contributed by atoms with Crippen LogP contribution in [0.2, 0.25) is 0 Å². The van der Waals surface area contributed by atoms with Gasteiger partial charge in [-0.1, -0.05) is 42.5 Å². The summed E-state index contributed by atoms with van der Waals surface area (Å²) in [5.74, 6) is 1.29. The zero-order chi connectivity index (χ0) is 19.7. The summed E-state index contributed by atoms with van der Waals surface area (Å²) in [6, 6.07) is 18.2. The van der Waals surface area contributed by atoms with Crippen LogP contribution >= 0.6 is 0 Å². The lowest BCUT2D eigenvalue weighted by molar-refractivity contribution is 0.0902. The predicted octanol–water partition coefficient (Wildman–Crippen LogP) is 4.20. The zero-order valence-corrected chi connectivity index (χ0v) is 16.6. The van der Waals surface area contributed by atoms with Crippen molar-refractivity contribution >= 4 is 5.91 Å². The number of aromatic nitrogens is 3. The number of hydrogen-bond acceptors (Lipinski definition) is 3. The van der Waals surface area contributed by atoms with Crippen molar-refractivity contribution in [1.82, 2.24) is 20.1 Å². The fourth-order valence-electron chi connectivity index (χ4n) is 3.48. The van der Waals surface area contributed by atoms with E-state index < -0.39 is 5.54 Å². The number of amides is 1. The number of benzene rings is 2. The van der Waals surface area contributed by atoms with Crippen molar-refractivity contribution in [3.63, 3.8) is 0 Å². The van der Waals surface area contributed by atoms with Gasteiger partial charge in [-0.05, 0) is 63.3 Å². The van der Waals surface area contributed by atoms with Crippen LogP contribution in [0.1, 0.15) is 60.2 Å². The summed E-state index contributed by atoms with van der Waals surface area (Å²) in [6.45, 7) is 6.17. The van der Waals surface area contributed by atoms with E-state index in [1.165, 1.54) is 11.1 Å². The van der Waals surface area contributed by atoms with E-state index in [-0.39, 0.29) is 11.7 Å². The van der Waals surface area contributed by atoms with Gasteiger partial charge in [-0.25, -0.2) is 9.67 Å². The Bertz CT molecular complexity index is 987. The molecule has 5 nitrogen and oxygen atoms in total. The van der Waals surface area contributed by atoms with Gasteiger partial charge in [-0.15, -0.1) is 5.10 Å². The normalized spacial score (nSPS) is 14.1. The second kappa shape index (κ2) is 7.23. The highest BCUT2D eigenvalue weighted by atomic mass is 16.2. The van der Waals surface area contributed by atoms with Crippen molar-refractivity contribution in [2.45, 2.75) is 51.5 Å². The Hall–Kier alpha value is -2.95. The molecule has 0 atom stereocenters. The van der Waals surface area contributed by atoms with Crippen molar-refractivity contribution in [3.05, 3.63) is 77.4 Å². The minimum Gasteiger partial charge on any atom is -0.344 e. The molecule has 0 bridgehead atoms. The molecule has 1 aliphatic carbocycles. The monoisotopic (exact) mass is 374 g/mol. The Morgan fingerprint density at radius 1 is 1.11 bits per heavy atom. The summed E-state index contributed by atoms with van der Waals surface area (Å²) in [7, 11) is 0. The molecule has 1 N–H and O–H groups in total. The van der Waals surface area contributed by atoms with Crippen LogP contribution < -0.4 is 5.32 Å². The van der Waals surface area contributed by atoms with Crippen LogP contribution in [0.25, 0.3) is 5.69 Å². The summed E-state index contributed by atoms with van der Waals surface area (Å²) in [6.07, 6.45) is 2.96. The van der Waals surface area contributed by atoms with Gasteiger partial charge in [0.2, 0.25) is 5.82 Å². The predicted molar refractivity (Wildman–Crippen MR) is 110 cm³/mol. The minimum atomic E-state index is -0.402. The molecule has 3 aromatic rings. The Balaban J connectivity index is 1.56. The van der Waals surface area contributed by atoms with Crippen molar-refractivity contribution < 1.29 is 4.79 Å². The lowest BCUT2D eigenvalue weighted by Gasteiger charge is -2.26. The summed E-state index contributed by atoms with van der Waals surface area (Å²) in [4.78, 5) is 17.5. The van der Waals surface area contributed by atoms with Gasteiger partial charge in [0.05, 0.1) is 5.69 Å². The SMILES string of the molecule is Cc1ccccc1CC(C)(C)NC(=O)c1nc(C2CC2)n(-c2ccccc2)n1. The molecule has 0 unspecified atom stereocenters. The number of rotatable bonds is 6. The third kappa shape index (κ3) is 3.98. The van der Waals surface area contributed by atoms with E-state index in [0.29, 0.717) is 5.92 Å². The van der Waals surface area contributed by atoms with Crippen LogP contribution in [0.3, 0.4) is 0 Å². The van der Waals surface area contributed by atoms with Gasteiger partial charge in [0, 0.05) is 11.5 Å². The summed E-state index contributed by atoms with van der Waals surface area (Å²) < 4.78 is 1.82. The molecule has 0 saturated heterocycles. The quantitative estimate of drug-likeness (QED) is 0.703. The highest BCUT2D eigenvalue weighted by molar-refractivity contribution is 5.91. The van der Waals surface area contributed by atoms with Crippen molar-refractivity contribution in [1.29, 1.82) is 0 Å². The third-order valence-electron chi connectivity index (χ3n) is 5.12. The molecule has 2 aromatic carbocycles. The Morgan fingerprint density at radius 2 is 1.79 bits per heavy atom. The number of para-hydroxylation sites is 1. The van der Waals surface area contributed by atoms with Crippen LogP contribution in [0.15, 0.2) is 54.6 Å². The summed E-state index contributed by atoms with van der Waals surface area (Å²) in [5, 5.41) is 7.67. The molecule has 144 valence electrons. The lowest BCUT2D eigenvalue weighted by atomic mass is 9.92. The standard InChI is InChI=1S/C23H26N4O/c1-16-9-7-8-10-18(16)15-23(2,3)25-22(28)20-24-21(17-13-14-17)27(26-20)19-11-5-4-6-12-19/h4-12,17H,13-15H2,1-3H3,(H,25,28). The molecule has 0 radical (unpaired) electrons. The first-order valence-electron chi connectivity index (χ1n) is 9.82. The van der Waals surface area contributed by atoms with Gasteiger partial charge in [0.15, 0.2) is 0 Å². The van der Waals surface area contributed by atoms with Crippen molar-refractivity contribution in [2.75, 3.05) is 0 Å². The largest absolute Gasteiger partial charge is 0.344 e. The van der Waals surface area contributed by atoms with Gasteiger partial charge in [0.25, 0.3) is 5.91 Å². The summed E-state index contributed by atoms with van der Waals surface area (Å²) >= 11 is 0. The Kier molecular flexibility index (Phi) is 4.75. The first kappa shape index (κ1) is 18.4. The first-order valence-corrected chi connectivity index (χ1v) is 9.82. The molecule has 0 aliphatic heterocycles. The van der Waals surface area contributed by atoms with E-state index >= 15 is 0 Å². The fourth-order valence-corrected chi connectivity index (χ4v) is 3.48. The van der Waals surface area contributed by atoms with Crippen LogP contribution in [0.4, 0.5) is 0 Å². The molecule has 4 rings (SSSR count). The van der Waals surface area contributed by atoms with Gasteiger partial charge in [-0.3, -0.25) is 4.79 Å². The average molecular weight is 374 g/mol. The van der Waals surface area contributed by atoms with Gasteiger partial charge >= 0.3 is 0 Å². The smallest absolute Gasteiger partial charge is 0.291 e. The van der Waals surface area contributed by atoms with Crippen LogP contribution in [0.5, 0.6) is 0 Å². The minimum absolute atomic E-state index is 0.227. The second-order valence-electron chi connectivity index (χ2n) is 8.26. The zero-order valence-electron chi connectivity index (χ0n) is 16.6. The molecule has 1 fully saturated rings. The molecule has 1 amide bonds. The number of nitrogens with zero attached hydrogens (tertiary/aromatic N) is 3. The maximum Gasteiger partial charge on any atom is 0.291 e. The third-order valence-corrected chi connectivity index (χ3v) is 5.12. The van der Waals surface area contributed by atoms with Gasteiger partial charge in [-0.2, -0.15) is 0 Å². The Morgan fingerprint density at radius 3 is 2.46 bits per heavy atom. The maximum absolute atomic E-state index is 12.9. The topological polar surface area (TPSA) is 59.8 Å². The molecule has 5 heteroatoms. The number of nitrogens with one attached hydrogen (secondary N) is 1. The number of hydrogen-bond donors (Lipinski definition) is 1.